The summed E-state index contributed by atoms with van der Waals surface area (Å²) in [5.74, 6) is 0.716. The molecule has 0 heterocycles. The highest BCUT2D eigenvalue weighted by Gasteiger charge is 2.55. The minimum absolute atomic E-state index is 0.0416. The molecule has 0 aromatic heterocycles. The van der Waals surface area contributed by atoms with Crippen molar-refractivity contribution in [1.29, 1.82) is 0 Å². The minimum Gasteiger partial charge on any atom is -0.391 e. The van der Waals surface area contributed by atoms with E-state index in [0.717, 1.165) is 0 Å². The zero-order valence-electron chi connectivity index (χ0n) is 10.4. The summed E-state index contributed by atoms with van der Waals surface area (Å²) in [4.78, 5) is 0. The molecule has 15 heavy (non-hydrogen) atoms. The SMILES string of the molecule is CO[C@](O)(CO)C1C(C)C(C(C)C)[C@@H]1C. The van der Waals surface area contributed by atoms with Crippen LogP contribution in [0.15, 0.2) is 0 Å². The molecular weight excluding hydrogens is 192 g/mol. The number of ether oxygens (including phenoxy) is 1. The Morgan fingerprint density at radius 3 is 2.00 bits per heavy atom. The molecule has 90 valence electrons. The highest BCUT2D eigenvalue weighted by atomic mass is 16.6. The molecular formula is C12H24O3. The van der Waals surface area contributed by atoms with E-state index >= 15 is 0 Å². The van der Waals surface area contributed by atoms with Crippen molar-refractivity contribution in [2.45, 2.75) is 33.5 Å². The van der Waals surface area contributed by atoms with E-state index in [0.29, 0.717) is 23.7 Å². The number of aliphatic hydroxyl groups is 2. The van der Waals surface area contributed by atoms with E-state index in [9.17, 15) is 10.2 Å². The van der Waals surface area contributed by atoms with Gasteiger partial charge in [0.25, 0.3) is 0 Å². The van der Waals surface area contributed by atoms with Gasteiger partial charge in [-0.15, -0.1) is 0 Å². The first-order valence-electron chi connectivity index (χ1n) is 5.77. The van der Waals surface area contributed by atoms with Gasteiger partial charge in [0.1, 0.15) is 0 Å². The molecule has 3 unspecified atom stereocenters. The lowest BCUT2D eigenvalue weighted by atomic mass is 9.52. The van der Waals surface area contributed by atoms with Crippen molar-refractivity contribution in [3.8, 4) is 0 Å². The van der Waals surface area contributed by atoms with Crippen LogP contribution in [0.4, 0.5) is 0 Å². The molecule has 0 bridgehead atoms. The van der Waals surface area contributed by atoms with Crippen LogP contribution < -0.4 is 0 Å². The van der Waals surface area contributed by atoms with Crippen molar-refractivity contribution in [2.24, 2.45) is 29.6 Å². The molecule has 0 aliphatic heterocycles. The van der Waals surface area contributed by atoms with Gasteiger partial charge in [-0.3, -0.25) is 0 Å². The van der Waals surface area contributed by atoms with Gasteiger partial charge in [0.15, 0.2) is 5.79 Å². The van der Waals surface area contributed by atoms with Crippen molar-refractivity contribution < 1.29 is 14.9 Å². The second kappa shape index (κ2) is 4.40. The van der Waals surface area contributed by atoms with Crippen molar-refractivity contribution in [3.63, 3.8) is 0 Å². The molecule has 0 amide bonds. The molecule has 0 radical (unpaired) electrons. The Kier molecular flexibility index (Phi) is 3.80. The molecule has 0 aromatic rings. The Hall–Kier alpha value is -0.120. The second-order valence-corrected chi connectivity index (χ2v) is 5.27. The summed E-state index contributed by atoms with van der Waals surface area (Å²) >= 11 is 0. The number of aliphatic hydroxyl groups excluding tert-OH is 1. The van der Waals surface area contributed by atoms with Crippen LogP contribution in [-0.2, 0) is 4.74 Å². The highest BCUT2D eigenvalue weighted by Crippen LogP contribution is 2.53. The van der Waals surface area contributed by atoms with Gasteiger partial charge in [-0.05, 0) is 23.7 Å². The van der Waals surface area contributed by atoms with Crippen molar-refractivity contribution in [2.75, 3.05) is 13.7 Å². The largest absolute Gasteiger partial charge is 0.391 e. The maximum Gasteiger partial charge on any atom is 0.192 e. The maximum atomic E-state index is 10.1. The number of hydrogen-bond donors (Lipinski definition) is 2. The monoisotopic (exact) mass is 216 g/mol. The van der Waals surface area contributed by atoms with Gasteiger partial charge in [0.05, 0.1) is 6.61 Å². The molecule has 5 atom stereocenters. The Morgan fingerprint density at radius 2 is 1.73 bits per heavy atom. The zero-order valence-corrected chi connectivity index (χ0v) is 10.4. The molecule has 0 saturated heterocycles. The van der Waals surface area contributed by atoms with Crippen LogP contribution in [0.5, 0.6) is 0 Å². The van der Waals surface area contributed by atoms with E-state index in [1.807, 2.05) is 0 Å². The average Bonchev–Trinajstić information content (AvgIpc) is 2.16. The van der Waals surface area contributed by atoms with E-state index in [1.54, 1.807) is 0 Å². The molecule has 2 N–H and O–H groups in total. The topological polar surface area (TPSA) is 49.7 Å². The predicted molar refractivity (Wildman–Crippen MR) is 59.2 cm³/mol. The predicted octanol–water partition coefficient (Wildman–Crippen LogP) is 1.49. The first-order valence-corrected chi connectivity index (χ1v) is 5.77. The quantitative estimate of drug-likeness (QED) is 0.700. The van der Waals surface area contributed by atoms with Crippen LogP contribution in [0, 0.1) is 29.6 Å². The molecule has 0 aromatic carbocycles. The lowest BCUT2D eigenvalue weighted by Crippen LogP contribution is -2.60. The number of hydrogen-bond acceptors (Lipinski definition) is 3. The zero-order chi connectivity index (χ0) is 11.8. The summed E-state index contributed by atoms with van der Waals surface area (Å²) in [5.41, 5.74) is 0. The third-order valence-electron chi connectivity index (χ3n) is 4.22. The van der Waals surface area contributed by atoms with Crippen LogP contribution in [0.3, 0.4) is 0 Å². The van der Waals surface area contributed by atoms with Gasteiger partial charge < -0.3 is 14.9 Å². The van der Waals surface area contributed by atoms with Gasteiger partial charge in [-0.1, -0.05) is 27.7 Å². The standard InChI is InChI=1S/C12H24O3/c1-7(2)10-8(3)11(9(10)4)12(14,6-13)15-5/h7-11,13-14H,6H2,1-5H3/t8-,9?,10?,11?,12+/m0/s1. The summed E-state index contributed by atoms with van der Waals surface area (Å²) in [6.07, 6.45) is 0. The second-order valence-electron chi connectivity index (χ2n) is 5.27. The normalized spacial score (nSPS) is 40.0. The average molecular weight is 216 g/mol. The number of rotatable bonds is 4. The molecule has 1 aliphatic rings. The molecule has 0 spiro atoms. The van der Waals surface area contributed by atoms with Crippen LogP contribution in [0.2, 0.25) is 0 Å². The summed E-state index contributed by atoms with van der Waals surface area (Å²) in [6, 6.07) is 0. The van der Waals surface area contributed by atoms with Gasteiger partial charge in [0.2, 0.25) is 0 Å². The Bertz CT molecular complexity index is 201. The minimum atomic E-state index is -1.36. The Morgan fingerprint density at radius 1 is 1.27 bits per heavy atom. The van der Waals surface area contributed by atoms with Gasteiger partial charge in [0, 0.05) is 13.0 Å². The molecule has 1 saturated carbocycles. The molecule has 1 fully saturated rings. The summed E-state index contributed by atoms with van der Waals surface area (Å²) in [5, 5.41) is 19.3. The third kappa shape index (κ3) is 1.93. The van der Waals surface area contributed by atoms with Gasteiger partial charge >= 0.3 is 0 Å². The molecule has 1 aliphatic carbocycles. The van der Waals surface area contributed by atoms with Crippen LogP contribution in [0.25, 0.3) is 0 Å². The first-order chi connectivity index (χ1) is 6.89. The number of methoxy groups -OCH3 is 1. The smallest absolute Gasteiger partial charge is 0.192 e. The van der Waals surface area contributed by atoms with Gasteiger partial charge in [-0.2, -0.15) is 0 Å². The van der Waals surface area contributed by atoms with Crippen molar-refractivity contribution >= 4 is 0 Å². The molecule has 3 nitrogen and oxygen atoms in total. The summed E-state index contributed by atoms with van der Waals surface area (Å²) in [6.45, 7) is 8.36. The van der Waals surface area contributed by atoms with E-state index in [2.05, 4.69) is 27.7 Å². The molecule has 3 heteroatoms. The fourth-order valence-electron chi connectivity index (χ4n) is 3.63. The van der Waals surface area contributed by atoms with E-state index in [4.69, 9.17) is 4.74 Å². The fourth-order valence-corrected chi connectivity index (χ4v) is 3.63. The van der Waals surface area contributed by atoms with Crippen molar-refractivity contribution in [1.82, 2.24) is 0 Å². The Balaban J connectivity index is 2.75. The fraction of sp³-hybridized carbons (Fsp3) is 1.00. The first kappa shape index (κ1) is 12.9. The van der Waals surface area contributed by atoms with Gasteiger partial charge in [-0.25, -0.2) is 0 Å². The Labute approximate surface area is 92.4 Å². The van der Waals surface area contributed by atoms with E-state index in [1.165, 1.54) is 7.11 Å². The molecule has 1 rings (SSSR count). The van der Waals surface area contributed by atoms with Crippen molar-refractivity contribution in [3.05, 3.63) is 0 Å². The van der Waals surface area contributed by atoms with Crippen LogP contribution in [-0.4, -0.2) is 29.7 Å². The summed E-state index contributed by atoms with van der Waals surface area (Å²) < 4.78 is 5.07. The summed E-state index contributed by atoms with van der Waals surface area (Å²) in [7, 11) is 1.46. The lowest BCUT2D eigenvalue weighted by Gasteiger charge is -2.56. The maximum absolute atomic E-state index is 10.1. The highest BCUT2D eigenvalue weighted by molar-refractivity contribution is 5.00. The van der Waals surface area contributed by atoms with Crippen LogP contribution in [0.1, 0.15) is 27.7 Å². The lowest BCUT2D eigenvalue weighted by molar-refractivity contribution is -0.296. The van der Waals surface area contributed by atoms with Crippen LogP contribution >= 0.6 is 0 Å². The van der Waals surface area contributed by atoms with E-state index < -0.39 is 5.79 Å². The third-order valence-corrected chi connectivity index (χ3v) is 4.22. The van der Waals surface area contributed by atoms with E-state index in [-0.39, 0.29) is 12.5 Å².